The Morgan fingerprint density at radius 1 is 1.21 bits per heavy atom. The summed E-state index contributed by atoms with van der Waals surface area (Å²) in [5.74, 6) is -0.759. The van der Waals surface area contributed by atoms with Gasteiger partial charge in [0.2, 0.25) is 5.88 Å². The van der Waals surface area contributed by atoms with Crippen molar-refractivity contribution in [2.45, 2.75) is 0 Å². The number of pyridine rings is 1. The maximum Gasteiger partial charge on any atom is 0.296 e. The fourth-order valence-electron chi connectivity index (χ4n) is 2.03. The SMILES string of the molecule is Cl.O=C(N=Nc1c(O)[nH]c2ccccc12)c1ccc(C=NO)nc1. The third kappa shape index (κ3) is 3.39. The van der Waals surface area contributed by atoms with Gasteiger partial charge in [0.1, 0.15) is 0 Å². The number of fused-ring (bicyclic) bond motifs is 1. The molecule has 2 heterocycles. The van der Waals surface area contributed by atoms with Gasteiger partial charge in [0, 0.05) is 11.6 Å². The second-order valence-corrected chi connectivity index (χ2v) is 4.59. The molecule has 0 fully saturated rings. The molecule has 122 valence electrons. The predicted octanol–water partition coefficient (Wildman–Crippen LogP) is 3.42. The Morgan fingerprint density at radius 2 is 2.00 bits per heavy atom. The fraction of sp³-hybridized carbons (Fsp3) is 0. The molecule has 2 aromatic heterocycles. The Morgan fingerprint density at radius 3 is 2.71 bits per heavy atom. The Kier molecular flexibility index (Phi) is 5.23. The lowest BCUT2D eigenvalue weighted by molar-refractivity contribution is 0.0994. The number of H-pyrrole nitrogens is 1. The quantitative estimate of drug-likeness (QED) is 0.291. The first kappa shape index (κ1) is 17.1. The number of aromatic nitrogens is 2. The highest BCUT2D eigenvalue weighted by molar-refractivity contribution is 5.97. The molecular weight excluding hydrogens is 334 g/mol. The van der Waals surface area contributed by atoms with Gasteiger partial charge in [-0.05, 0) is 18.2 Å². The van der Waals surface area contributed by atoms with E-state index in [2.05, 4.69) is 25.4 Å². The smallest absolute Gasteiger partial charge is 0.296 e. The van der Waals surface area contributed by atoms with Crippen LogP contribution < -0.4 is 0 Å². The van der Waals surface area contributed by atoms with E-state index in [-0.39, 0.29) is 29.5 Å². The van der Waals surface area contributed by atoms with Crippen molar-refractivity contribution in [1.29, 1.82) is 0 Å². The monoisotopic (exact) mass is 345 g/mol. The van der Waals surface area contributed by atoms with E-state index in [9.17, 15) is 9.90 Å². The van der Waals surface area contributed by atoms with Crippen LogP contribution in [0.15, 0.2) is 58.0 Å². The molecule has 0 aliphatic heterocycles. The molecule has 0 bridgehead atoms. The summed E-state index contributed by atoms with van der Waals surface area (Å²) in [6.07, 6.45) is 2.44. The summed E-state index contributed by atoms with van der Waals surface area (Å²) in [4.78, 5) is 18.6. The minimum atomic E-state index is -0.602. The van der Waals surface area contributed by atoms with Crippen molar-refractivity contribution < 1.29 is 15.1 Å². The van der Waals surface area contributed by atoms with Crippen molar-refractivity contribution in [2.24, 2.45) is 15.4 Å². The van der Waals surface area contributed by atoms with Gasteiger partial charge in [-0.3, -0.25) is 9.78 Å². The molecule has 1 amide bonds. The normalized spacial score (nSPS) is 11.2. The Bertz CT molecular complexity index is 919. The summed E-state index contributed by atoms with van der Waals surface area (Å²) >= 11 is 0. The number of aromatic hydroxyl groups is 1. The molecule has 9 heteroatoms. The van der Waals surface area contributed by atoms with Crippen LogP contribution in [0, 0.1) is 0 Å². The van der Waals surface area contributed by atoms with Crippen molar-refractivity contribution in [3.05, 3.63) is 53.9 Å². The second kappa shape index (κ2) is 7.34. The molecule has 3 rings (SSSR count). The molecule has 0 unspecified atom stereocenters. The molecular formula is C15H12ClN5O3. The zero-order valence-electron chi connectivity index (χ0n) is 12.1. The number of benzene rings is 1. The molecule has 24 heavy (non-hydrogen) atoms. The van der Waals surface area contributed by atoms with Crippen LogP contribution in [0.4, 0.5) is 5.69 Å². The highest BCUT2D eigenvalue weighted by Gasteiger charge is 2.11. The molecule has 0 aliphatic rings. The number of amides is 1. The summed E-state index contributed by atoms with van der Waals surface area (Å²) in [5, 5.41) is 29.2. The molecule has 3 aromatic rings. The van der Waals surface area contributed by atoms with Gasteiger partial charge in [-0.15, -0.1) is 22.6 Å². The van der Waals surface area contributed by atoms with E-state index in [1.807, 2.05) is 6.07 Å². The van der Waals surface area contributed by atoms with Crippen LogP contribution in [0.25, 0.3) is 10.9 Å². The number of nitrogens with zero attached hydrogens (tertiary/aromatic N) is 4. The van der Waals surface area contributed by atoms with Gasteiger partial charge >= 0.3 is 0 Å². The van der Waals surface area contributed by atoms with Crippen molar-refractivity contribution >= 4 is 41.1 Å². The summed E-state index contributed by atoms with van der Waals surface area (Å²) in [7, 11) is 0. The van der Waals surface area contributed by atoms with Crippen LogP contribution in [0.5, 0.6) is 5.88 Å². The van der Waals surface area contributed by atoms with E-state index in [1.54, 1.807) is 18.2 Å². The number of oxime groups is 1. The van der Waals surface area contributed by atoms with E-state index in [4.69, 9.17) is 5.21 Å². The van der Waals surface area contributed by atoms with Gasteiger partial charge in [0.25, 0.3) is 5.91 Å². The molecule has 0 radical (unpaired) electrons. The number of carbonyl (C=O) groups excluding carboxylic acids is 1. The van der Waals surface area contributed by atoms with E-state index >= 15 is 0 Å². The van der Waals surface area contributed by atoms with Gasteiger partial charge in [-0.25, -0.2) is 0 Å². The number of hydrogen-bond acceptors (Lipinski definition) is 6. The van der Waals surface area contributed by atoms with Crippen LogP contribution in [0.1, 0.15) is 16.1 Å². The van der Waals surface area contributed by atoms with E-state index < -0.39 is 5.91 Å². The standard InChI is InChI=1S/C15H11N5O3.ClH/c21-14(9-5-6-10(8-17-23)16-7-9)20-19-13-11-3-1-2-4-12(11)18-15(13)22;/h1-8,18,22-23H;1H. The fourth-order valence-corrected chi connectivity index (χ4v) is 2.03. The lowest BCUT2D eigenvalue weighted by Gasteiger charge is -1.95. The van der Waals surface area contributed by atoms with Crippen LogP contribution >= 0.6 is 12.4 Å². The first-order valence-corrected chi connectivity index (χ1v) is 6.58. The molecule has 0 aliphatic carbocycles. The van der Waals surface area contributed by atoms with E-state index in [1.165, 1.54) is 18.3 Å². The summed E-state index contributed by atoms with van der Waals surface area (Å²) in [6.45, 7) is 0. The number of aromatic amines is 1. The van der Waals surface area contributed by atoms with Gasteiger partial charge in [-0.1, -0.05) is 23.4 Å². The van der Waals surface area contributed by atoms with Gasteiger partial charge in [0.05, 0.1) is 23.0 Å². The van der Waals surface area contributed by atoms with Crippen LogP contribution in [0.2, 0.25) is 0 Å². The number of para-hydroxylation sites is 1. The zero-order valence-corrected chi connectivity index (χ0v) is 12.9. The maximum absolute atomic E-state index is 12.0. The number of nitrogens with one attached hydrogen (secondary N) is 1. The predicted molar refractivity (Wildman–Crippen MR) is 89.7 cm³/mol. The Labute approximate surface area is 142 Å². The van der Waals surface area contributed by atoms with Crippen LogP contribution in [-0.4, -0.2) is 32.4 Å². The van der Waals surface area contributed by atoms with E-state index in [0.29, 0.717) is 16.6 Å². The average Bonchev–Trinajstić information content (AvgIpc) is 2.89. The molecule has 0 atom stereocenters. The van der Waals surface area contributed by atoms with Crippen molar-refractivity contribution in [1.82, 2.24) is 9.97 Å². The molecule has 8 nitrogen and oxygen atoms in total. The van der Waals surface area contributed by atoms with E-state index in [0.717, 1.165) is 6.21 Å². The Balaban J connectivity index is 0.00000208. The number of halogens is 1. The largest absolute Gasteiger partial charge is 0.493 e. The third-order valence-corrected chi connectivity index (χ3v) is 3.12. The highest BCUT2D eigenvalue weighted by atomic mass is 35.5. The van der Waals surface area contributed by atoms with Crippen molar-refractivity contribution in [3.8, 4) is 5.88 Å². The molecule has 0 spiro atoms. The first-order valence-electron chi connectivity index (χ1n) is 6.58. The minimum Gasteiger partial charge on any atom is -0.493 e. The zero-order chi connectivity index (χ0) is 16.2. The number of rotatable bonds is 3. The topological polar surface area (TPSA) is 123 Å². The molecule has 1 aromatic carbocycles. The van der Waals surface area contributed by atoms with Crippen LogP contribution in [0.3, 0.4) is 0 Å². The first-order chi connectivity index (χ1) is 11.2. The number of carbonyl (C=O) groups is 1. The van der Waals surface area contributed by atoms with Crippen molar-refractivity contribution in [3.63, 3.8) is 0 Å². The van der Waals surface area contributed by atoms with Gasteiger partial charge < -0.3 is 15.3 Å². The third-order valence-electron chi connectivity index (χ3n) is 3.12. The highest BCUT2D eigenvalue weighted by Crippen LogP contribution is 2.35. The molecule has 3 N–H and O–H groups in total. The number of hydrogen-bond donors (Lipinski definition) is 3. The summed E-state index contributed by atoms with van der Waals surface area (Å²) in [5.41, 5.74) is 1.52. The second-order valence-electron chi connectivity index (χ2n) is 4.59. The van der Waals surface area contributed by atoms with Gasteiger partial charge in [-0.2, -0.15) is 0 Å². The maximum atomic E-state index is 12.0. The Hall–Kier alpha value is -3.26. The number of azo groups is 1. The van der Waals surface area contributed by atoms with Gasteiger partial charge in [0.15, 0.2) is 5.69 Å². The summed E-state index contributed by atoms with van der Waals surface area (Å²) in [6, 6.07) is 10.1. The summed E-state index contributed by atoms with van der Waals surface area (Å²) < 4.78 is 0. The average molecular weight is 346 g/mol. The molecule has 0 saturated carbocycles. The minimum absolute atomic E-state index is 0. The molecule has 0 saturated heterocycles. The van der Waals surface area contributed by atoms with Crippen LogP contribution in [-0.2, 0) is 0 Å². The lowest BCUT2D eigenvalue weighted by Crippen LogP contribution is -1.96. The lowest BCUT2D eigenvalue weighted by atomic mass is 10.2. The van der Waals surface area contributed by atoms with Crippen molar-refractivity contribution in [2.75, 3.05) is 0 Å².